The second-order valence-corrected chi connectivity index (χ2v) is 7.51. The number of benzene rings is 1. The van der Waals surface area contributed by atoms with Gasteiger partial charge in [-0.2, -0.15) is 5.26 Å². The van der Waals surface area contributed by atoms with Gasteiger partial charge in [0.15, 0.2) is 0 Å². The Hall–Kier alpha value is -2.27. The number of anilines is 1. The third kappa shape index (κ3) is 3.93. The number of hydrogen-bond acceptors (Lipinski definition) is 4. The minimum atomic E-state index is -0.345. The first-order valence-corrected chi connectivity index (χ1v) is 9.40. The molecule has 0 atom stereocenters. The van der Waals surface area contributed by atoms with Crippen molar-refractivity contribution in [3.05, 3.63) is 56.9 Å². The fraction of sp³-hybridized carbons (Fsp3) is 0.167. The molecule has 1 aliphatic rings. The maximum absolute atomic E-state index is 12.2. The molecular formula is C18H14ClN3O2S2. The summed E-state index contributed by atoms with van der Waals surface area (Å²) in [5.41, 5.74) is 2.10. The van der Waals surface area contributed by atoms with Crippen molar-refractivity contribution < 1.29 is 9.59 Å². The number of rotatable bonds is 3. The summed E-state index contributed by atoms with van der Waals surface area (Å²) in [7, 11) is 0. The lowest BCUT2D eigenvalue weighted by Gasteiger charge is -2.24. The van der Waals surface area contributed by atoms with Crippen LogP contribution in [-0.2, 0) is 17.8 Å². The van der Waals surface area contributed by atoms with Gasteiger partial charge >= 0.3 is 0 Å². The van der Waals surface area contributed by atoms with Gasteiger partial charge in [-0.1, -0.05) is 42.4 Å². The molecule has 0 aliphatic carbocycles. The molecule has 2 aromatic rings. The van der Waals surface area contributed by atoms with Gasteiger partial charge in [-0.3, -0.25) is 9.59 Å². The molecule has 132 valence electrons. The quantitative estimate of drug-likeness (QED) is 0.591. The van der Waals surface area contributed by atoms with Crippen molar-refractivity contribution in [3.63, 3.8) is 0 Å². The van der Waals surface area contributed by atoms with E-state index in [4.69, 9.17) is 11.6 Å². The minimum Gasteiger partial charge on any atom is -0.328 e. The average Bonchev–Trinajstić information content (AvgIpc) is 2.96. The number of thiophene rings is 1. The van der Waals surface area contributed by atoms with E-state index in [1.54, 1.807) is 23.1 Å². The van der Waals surface area contributed by atoms with Crippen LogP contribution in [0, 0.1) is 11.3 Å². The number of nitrogens with one attached hydrogen (secondary N) is 1. The zero-order valence-corrected chi connectivity index (χ0v) is 16.0. The molecule has 3 rings (SSSR count). The van der Waals surface area contributed by atoms with Gasteiger partial charge in [0.05, 0.1) is 12.1 Å². The highest BCUT2D eigenvalue weighted by molar-refractivity contribution is 7.96. The molecular weight excluding hydrogens is 390 g/mol. The van der Waals surface area contributed by atoms with Crippen LogP contribution in [0.2, 0.25) is 5.02 Å². The molecule has 0 saturated heterocycles. The molecule has 26 heavy (non-hydrogen) atoms. The van der Waals surface area contributed by atoms with Gasteiger partial charge in [-0.15, -0.1) is 11.3 Å². The van der Waals surface area contributed by atoms with Gasteiger partial charge < -0.3 is 10.2 Å². The fourth-order valence-corrected chi connectivity index (χ4v) is 4.29. The summed E-state index contributed by atoms with van der Waals surface area (Å²) >= 11 is 11.2. The lowest BCUT2D eigenvalue weighted by Crippen LogP contribution is -2.31. The molecule has 1 aliphatic heterocycles. The lowest BCUT2D eigenvalue weighted by atomic mass is 10.0. The van der Waals surface area contributed by atoms with Gasteiger partial charge in [0, 0.05) is 22.5 Å². The van der Waals surface area contributed by atoms with E-state index in [9.17, 15) is 14.9 Å². The first-order chi connectivity index (χ1) is 12.5. The van der Waals surface area contributed by atoms with Crippen molar-refractivity contribution in [2.24, 2.45) is 0 Å². The number of nitrogens with zero attached hydrogens (tertiary/aromatic N) is 2. The first kappa shape index (κ1) is 18.5. The molecule has 1 aromatic heterocycles. The monoisotopic (exact) mass is 403 g/mol. The highest BCUT2D eigenvalue weighted by Gasteiger charge is 2.26. The van der Waals surface area contributed by atoms with E-state index in [1.807, 2.05) is 12.1 Å². The Morgan fingerprint density at radius 2 is 2.15 bits per heavy atom. The summed E-state index contributed by atoms with van der Waals surface area (Å²) in [5.74, 6) is -0.345. The Labute approximate surface area is 165 Å². The number of thiol groups is 1. The van der Waals surface area contributed by atoms with Crippen molar-refractivity contribution in [2.75, 3.05) is 11.9 Å². The van der Waals surface area contributed by atoms with Crippen LogP contribution in [0.1, 0.15) is 21.6 Å². The zero-order chi connectivity index (χ0) is 18.7. The summed E-state index contributed by atoms with van der Waals surface area (Å²) in [6.45, 7) is 0.920. The Kier molecular flexibility index (Phi) is 5.67. The van der Waals surface area contributed by atoms with Gasteiger partial charge in [-0.05, 0) is 29.7 Å². The predicted octanol–water partition coefficient (Wildman–Crippen LogP) is 4.33. The van der Waals surface area contributed by atoms with E-state index < -0.39 is 0 Å². The van der Waals surface area contributed by atoms with E-state index in [1.165, 1.54) is 17.4 Å². The second kappa shape index (κ2) is 7.96. The number of halogens is 1. The standard InChI is InChI=1S/C18H14ClN3O2S2/c19-14-4-2-1-3-11(14)5-6-16(23)21-17-13(9-20)12-7-8-22(18(24)25)10-15(12)26-17/h1-6H,7-8,10H2,(H,21,23)(H,24,25). The Bertz CT molecular complexity index is 946. The Balaban J connectivity index is 1.78. The fourth-order valence-electron chi connectivity index (χ4n) is 2.70. The molecule has 0 radical (unpaired) electrons. The van der Waals surface area contributed by atoms with E-state index in [0.717, 1.165) is 16.0 Å². The van der Waals surface area contributed by atoms with Crippen molar-refractivity contribution in [1.29, 1.82) is 5.26 Å². The molecule has 2 amide bonds. The van der Waals surface area contributed by atoms with Crippen LogP contribution in [0.4, 0.5) is 9.80 Å². The van der Waals surface area contributed by atoms with Crippen LogP contribution in [0.5, 0.6) is 0 Å². The van der Waals surface area contributed by atoms with Crippen LogP contribution in [0.3, 0.4) is 0 Å². The SMILES string of the molecule is N#Cc1c(NC(=O)C=Cc2ccccc2Cl)sc2c1CCN(C(=O)S)C2. The third-order valence-corrected chi connectivity index (χ3v) is 5.75. The molecule has 0 unspecified atom stereocenters. The molecule has 8 heteroatoms. The summed E-state index contributed by atoms with van der Waals surface area (Å²) in [6, 6.07) is 9.36. The maximum Gasteiger partial charge on any atom is 0.278 e. The summed E-state index contributed by atoms with van der Waals surface area (Å²) in [6.07, 6.45) is 3.58. The van der Waals surface area contributed by atoms with E-state index in [0.29, 0.717) is 35.1 Å². The number of amides is 2. The maximum atomic E-state index is 12.2. The van der Waals surface area contributed by atoms with Crippen molar-refractivity contribution in [1.82, 2.24) is 4.90 Å². The van der Waals surface area contributed by atoms with Crippen molar-refractivity contribution in [3.8, 4) is 6.07 Å². The summed E-state index contributed by atoms with van der Waals surface area (Å²) in [5, 5.41) is 13.0. The first-order valence-electron chi connectivity index (χ1n) is 7.75. The molecule has 5 nitrogen and oxygen atoms in total. The number of fused-ring (bicyclic) bond motifs is 1. The predicted molar refractivity (Wildman–Crippen MR) is 107 cm³/mol. The van der Waals surface area contributed by atoms with E-state index in [2.05, 4.69) is 24.0 Å². The van der Waals surface area contributed by atoms with Crippen LogP contribution < -0.4 is 5.32 Å². The van der Waals surface area contributed by atoms with Gasteiger partial charge in [0.1, 0.15) is 11.1 Å². The summed E-state index contributed by atoms with van der Waals surface area (Å²) < 4.78 is 0. The lowest BCUT2D eigenvalue weighted by molar-refractivity contribution is -0.111. The van der Waals surface area contributed by atoms with Crippen molar-refractivity contribution in [2.45, 2.75) is 13.0 Å². The van der Waals surface area contributed by atoms with Crippen LogP contribution in [0.25, 0.3) is 6.08 Å². The molecule has 0 spiro atoms. The summed E-state index contributed by atoms with van der Waals surface area (Å²) in [4.78, 5) is 26.2. The topological polar surface area (TPSA) is 73.2 Å². The van der Waals surface area contributed by atoms with Crippen LogP contribution >= 0.6 is 35.6 Å². The molecule has 0 fully saturated rings. The Morgan fingerprint density at radius 3 is 2.85 bits per heavy atom. The number of carbonyl (C=O) groups is 2. The molecule has 1 aromatic carbocycles. The Morgan fingerprint density at radius 1 is 1.38 bits per heavy atom. The highest BCUT2D eigenvalue weighted by atomic mass is 35.5. The number of hydrogen-bond donors (Lipinski definition) is 2. The van der Waals surface area contributed by atoms with E-state index >= 15 is 0 Å². The average molecular weight is 404 g/mol. The van der Waals surface area contributed by atoms with Crippen LogP contribution in [-0.4, -0.2) is 22.6 Å². The minimum absolute atomic E-state index is 0.296. The highest BCUT2D eigenvalue weighted by Crippen LogP contribution is 2.36. The van der Waals surface area contributed by atoms with Gasteiger partial charge in [-0.25, -0.2) is 0 Å². The zero-order valence-electron chi connectivity index (χ0n) is 13.5. The van der Waals surface area contributed by atoms with Crippen molar-refractivity contribution >= 4 is 57.8 Å². The van der Waals surface area contributed by atoms with E-state index in [-0.39, 0.29) is 11.1 Å². The molecule has 0 saturated carbocycles. The molecule has 2 heterocycles. The molecule has 1 N–H and O–H groups in total. The van der Waals surface area contributed by atoms with Gasteiger partial charge in [0.2, 0.25) is 5.91 Å². The number of nitriles is 1. The largest absolute Gasteiger partial charge is 0.328 e. The normalized spacial score (nSPS) is 13.3. The van der Waals surface area contributed by atoms with Crippen LogP contribution in [0.15, 0.2) is 30.3 Å². The smallest absolute Gasteiger partial charge is 0.278 e. The third-order valence-electron chi connectivity index (χ3n) is 4.00. The molecule has 0 bridgehead atoms. The van der Waals surface area contributed by atoms with Gasteiger partial charge in [0.25, 0.3) is 5.24 Å². The number of carbonyl (C=O) groups excluding carboxylic acids is 2. The second-order valence-electron chi connectivity index (χ2n) is 5.62.